The zero-order chi connectivity index (χ0) is 15.5. The second-order valence-electron chi connectivity index (χ2n) is 5.53. The Labute approximate surface area is 159 Å². The van der Waals surface area contributed by atoms with Crippen LogP contribution >= 0.6 is 36.4 Å². The van der Waals surface area contributed by atoms with Crippen LogP contribution in [0.15, 0.2) is 36.7 Å². The summed E-state index contributed by atoms with van der Waals surface area (Å²) in [6.07, 6.45) is 3.99. The zero-order valence-corrected chi connectivity index (χ0v) is 15.7. The van der Waals surface area contributed by atoms with Gasteiger partial charge in [-0.1, -0.05) is 29.8 Å². The molecule has 2 aromatic rings. The van der Waals surface area contributed by atoms with Crippen molar-refractivity contribution in [3.8, 4) is 0 Å². The van der Waals surface area contributed by atoms with Crippen molar-refractivity contribution in [1.29, 1.82) is 0 Å². The molecule has 0 aliphatic carbocycles. The van der Waals surface area contributed by atoms with E-state index in [1.54, 1.807) is 10.9 Å². The molecule has 1 amide bonds. The van der Waals surface area contributed by atoms with Crippen molar-refractivity contribution in [3.05, 3.63) is 52.8 Å². The summed E-state index contributed by atoms with van der Waals surface area (Å²) in [6.45, 7) is 2.22. The van der Waals surface area contributed by atoms with E-state index in [0.29, 0.717) is 18.0 Å². The predicted molar refractivity (Wildman–Crippen MR) is 100 cm³/mol. The Balaban J connectivity index is 0.00000144. The molecule has 1 N–H and O–H groups in total. The number of hydrogen-bond acceptors (Lipinski definition) is 3. The van der Waals surface area contributed by atoms with Gasteiger partial charge < -0.3 is 10.2 Å². The number of nitrogens with zero attached hydrogens (tertiary/aromatic N) is 3. The lowest BCUT2D eigenvalue weighted by Gasteiger charge is -2.37. The fourth-order valence-corrected chi connectivity index (χ4v) is 3.13. The van der Waals surface area contributed by atoms with Crippen molar-refractivity contribution in [2.45, 2.75) is 12.5 Å². The van der Waals surface area contributed by atoms with Crippen molar-refractivity contribution < 1.29 is 4.79 Å². The van der Waals surface area contributed by atoms with E-state index in [1.807, 2.05) is 42.4 Å². The molecule has 5 nitrogen and oxygen atoms in total. The van der Waals surface area contributed by atoms with Gasteiger partial charge in [0.25, 0.3) is 0 Å². The highest BCUT2D eigenvalue weighted by molar-refractivity contribution is 6.31. The monoisotopic (exact) mass is 390 g/mol. The third-order valence-electron chi connectivity index (χ3n) is 3.94. The molecule has 24 heavy (non-hydrogen) atoms. The molecule has 1 aliphatic heterocycles. The zero-order valence-electron chi connectivity index (χ0n) is 13.3. The van der Waals surface area contributed by atoms with E-state index in [1.165, 1.54) is 0 Å². The van der Waals surface area contributed by atoms with E-state index < -0.39 is 0 Å². The van der Waals surface area contributed by atoms with Crippen molar-refractivity contribution in [1.82, 2.24) is 20.0 Å². The van der Waals surface area contributed by atoms with Gasteiger partial charge in [-0.05, 0) is 17.2 Å². The van der Waals surface area contributed by atoms with Crippen LogP contribution in [0.5, 0.6) is 0 Å². The number of carbonyl (C=O) groups is 1. The minimum absolute atomic E-state index is 0. The predicted octanol–water partition coefficient (Wildman–Crippen LogP) is 2.63. The van der Waals surface area contributed by atoms with Crippen LogP contribution in [-0.4, -0.2) is 40.2 Å². The van der Waals surface area contributed by atoms with Crippen LogP contribution in [0.4, 0.5) is 0 Å². The molecule has 3 rings (SSSR count). The van der Waals surface area contributed by atoms with Gasteiger partial charge >= 0.3 is 0 Å². The first kappa shape index (κ1) is 20.8. The summed E-state index contributed by atoms with van der Waals surface area (Å²) in [4.78, 5) is 14.6. The summed E-state index contributed by atoms with van der Waals surface area (Å²) in [6, 6.07) is 7.70. The van der Waals surface area contributed by atoms with Gasteiger partial charge in [-0.3, -0.25) is 9.48 Å². The molecule has 132 valence electrons. The normalized spacial score (nSPS) is 16.9. The minimum Gasteiger partial charge on any atom is -0.333 e. The molecule has 0 spiro atoms. The third kappa shape index (κ3) is 4.63. The summed E-state index contributed by atoms with van der Waals surface area (Å²) in [5.41, 5.74) is 1.93. The molecule has 1 aromatic carbocycles. The summed E-state index contributed by atoms with van der Waals surface area (Å²) in [7, 11) is 1.85. The Hall–Kier alpha value is -1.27. The SMILES string of the molecule is Cl.Cl.Cn1cc(CC(=O)N2CCNCC2c2ccccc2Cl)cn1. The number of benzene rings is 1. The summed E-state index contributed by atoms with van der Waals surface area (Å²) >= 11 is 6.31. The largest absolute Gasteiger partial charge is 0.333 e. The molecule has 1 saturated heterocycles. The molecule has 1 fully saturated rings. The van der Waals surface area contributed by atoms with Gasteiger partial charge in [-0.25, -0.2) is 0 Å². The Morgan fingerprint density at radius 3 is 2.79 bits per heavy atom. The summed E-state index contributed by atoms with van der Waals surface area (Å²) < 4.78 is 1.71. The molecule has 1 unspecified atom stereocenters. The van der Waals surface area contributed by atoms with Gasteiger partial charge in [0.1, 0.15) is 0 Å². The highest BCUT2D eigenvalue weighted by Gasteiger charge is 2.29. The van der Waals surface area contributed by atoms with Crippen molar-refractivity contribution >= 4 is 42.3 Å². The number of amides is 1. The van der Waals surface area contributed by atoms with E-state index in [2.05, 4.69) is 10.4 Å². The number of aryl methyl sites for hydroxylation is 1. The average molecular weight is 392 g/mol. The van der Waals surface area contributed by atoms with Gasteiger partial charge in [0.15, 0.2) is 0 Å². The van der Waals surface area contributed by atoms with Crippen LogP contribution in [-0.2, 0) is 18.3 Å². The molecule has 0 bridgehead atoms. The summed E-state index contributed by atoms with van der Waals surface area (Å²) in [5, 5.41) is 8.17. The van der Waals surface area contributed by atoms with Crippen molar-refractivity contribution in [2.75, 3.05) is 19.6 Å². The first-order valence-electron chi connectivity index (χ1n) is 7.37. The number of halogens is 3. The molecule has 1 aromatic heterocycles. The number of hydrogen-bond donors (Lipinski definition) is 1. The van der Waals surface area contributed by atoms with E-state index >= 15 is 0 Å². The Morgan fingerprint density at radius 2 is 2.12 bits per heavy atom. The second-order valence-corrected chi connectivity index (χ2v) is 5.93. The number of carbonyl (C=O) groups excluding carboxylic acids is 1. The molecule has 1 atom stereocenters. The number of aromatic nitrogens is 2. The van der Waals surface area contributed by atoms with Crippen LogP contribution in [0.2, 0.25) is 5.02 Å². The standard InChI is InChI=1S/C16H19ClN4O.2ClH/c1-20-11-12(9-19-20)8-16(22)21-7-6-18-10-15(21)13-4-2-3-5-14(13)17;;/h2-5,9,11,15,18H,6-8,10H2,1H3;2*1H. The molecule has 1 aliphatic rings. The van der Waals surface area contributed by atoms with E-state index in [9.17, 15) is 4.79 Å². The second kappa shape index (κ2) is 9.28. The molecule has 2 heterocycles. The van der Waals surface area contributed by atoms with Gasteiger partial charge in [-0.2, -0.15) is 5.10 Å². The van der Waals surface area contributed by atoms with E-state index in [-0.39, 0.29) is 36.8 Å². The van der Waals surface area contributed by atoms with E-state index in [0.717, 1.165) is 24.2 Å². The third-order valence-corrected chi connectivity index (χ3v) is 4.29. The summed E-state index contributed by atoms with van der Waals surface area (Å²) in [5.74, 6) is 0.111. The molecule has 8 heteroatoms. The molecule has 0 radical (unpaired) electrons. The lowest BCUT2D eigenvalue weighted by Crippen LogP contribution is -2.49. The number of nitrogens with one attached hydrogen (secondary N) is 1. The highest BCUT2D eigenvalue weighted by atomic mass is 35.5. The van der Waals surface area contributed by atoms with E-state index in [4.69, 9.17) is 11.6 Å². The van der Waals surface area contributed by atoms with Gasteiger partial charge in [0, 0.05) is 37.9 Å². The van der Waals surface area contributed by atoms with Crippen LogP contribution in [0.25, 0.3) is 0 Å². The van der Waals surface area contributed by atoms with Gasteiger partial charge in [-0.15, -0.1) is 24.8 Å². The Kier molecular flexibility index (Phi) is 8.03. The maximum Gasteiger partial charge on any atom is 0.227 e. The molecular weight excluding hydrogens is 371 g/mol. The van der Waals surface area contributed by atoms with Crippen molar-refractivity contribution in [2.24, 2.45) is 7.05 Å². The maximum atomic E-state index is 12.7. The smallest absolute Gasteiger partial charge is 0.227 e. The van der Waals surface area contributed by atoms with Gasteiger partial charge in [0.05, 0.1) is 18.7 Å². The lowest BCUT2D eigenvalue weighted by atomic mass is 10.0. The minimum atomic E-state index is -0.0216. The number of piperazine rings is 1. The molecular formula is C16H21Cl3N4O. The fraction of sp³-hybridized carbons (Fsp3) is 0.375. The molecule has 0 saturated carbocycles. The highest BCUT2D eigenvalue weighted by Crippen LogP contribution is 2.28. The first-order valence-corrected chi connectivity index (χ1v) is 7.75. The topological polar surface area (TPSA) is 50.2 Å². The van der Waals surface area contributed by atoms with Crippen LogP contribution in [0, 0.1) is 0 Å². The van der Waals surface area contributed by atoms with Crippen LogP contribution in [0.3, 0.4) is 0 Å². The Morgan fingerprint density at radius 1 is 1.38 bits per heavy atom. The van der Waals surface area contributed by atoms with Crippen LogP contribution in [0.1, 0.15) is 17.2 Å². The quantitative estimate of drug-likeness (QED) is 0.875. The lowest BCUT2D eigenvalue weighted by molar-refractivity contribution is -0.133. The first-order chi connectivity index (χ1) is 10.6. The van der Waals surface area contributed by atoms with Gasteiger partial charge in [0.2, 0.25) is 5.91 Å². The Bertz CT molecular complexity index is 677. The van der Waals surface area contributed by atoms with Crippen LogP contribution < -0.4 is 5.32 Å². The fourth-order valence-electron chi connectivity index (χ4n) is 2.87. The number of rotatable bonds is 3. The van der Waals surface area contributed by atoms with Crippen molar-refractivity contribution in [3.63, 3.8) is 0 Å². The average Bonchev–Trinajstić information content (AvgIpc) is 2.93. The maximum absolute atomic E-state index is 12.7.